The molecular formula is C25H28FN3O3. The molecule has 0 unspecified atom stereocenters. The second-order valence-corrected chi connectivity index (χ2v) is 8.26. The number of nitrogens with one attached hydrogen (secondary N) is 2. The Morgan fingerprint density at radius 1 is 1.19 bits per heavy atom. The Kier molecular flexibility index (Phi) is 6.44. The average molecular weight is 438 g/mol. The van der Waals surface area contributed by atoms with Crippen LogP contribution < -0.4 is 10.1 Å². The molecule has 1 fully saturated rings. The molecule has 6 nitrogen and oxygen atoms in total. The fraction of sp³-hybridized carbons (Fsp3) is 0.360. The van der Waals surface area contributed by atoms with Gasteiger partial charge < -0.3 is 19.9 Å². The summed E-state index contributed by atoms with van der Waals surface area (Å²) in [7, 11) is 1.58. The fourth-order valence-corrected chi connectivity index (χ4v) is 4.42. The number of rotatable bonds is 6. The van der Waals surface area contributed by atoms with Gasteiger partial charge in [-0.15, -0.1) is 0 Å². The topological polar surface area (TPSA) is 74.4 Å². The summed E-state index contributed by atoms with van der Waals surface area (Å²) in [6.45, 7) is 3.56. The molecule has 2 aromatic carbocycles. The number of hydrogen-bond donors (Lipinski definition) is 2. The lowest BCUT2D eigenvalue weighted by Gasteiger charge is -2.31. The van der Waals surface area contributed by atoms with Gasteiger partial charge in [0, 0.05) is 47.7 Å². The van der Waals surface area contributed by atoms with Crippen LogP contribution in [0, 0.1) is 18.7 Å². The van der Waals surface area contributed by atoms with E-state index in [9.17, 15) is 14.0 Å². The van der Waals surface area contributed by atoms with E-state index < -0.39 is 0 Å². The highest BCUT2D eigenvalue weighted by atomic mass is 19.1. The minimum Gasteiger partial charge on any atom is -0.497 e. The van der Waals surface area contributed by atoms with Crippen LogP contribution in [-0.2, 0) is 11.2 Å². The monoisotopic (exact) mass is 437 g/mol. The van der Waals surface area contributed by atoms with Crippen molar-refractivity contribution in [3.8, 4) is 5.75 Å². The molecule has 2 heterocycles. The van der Waals surface area contributed by atoms with Crippen LogP contribution in [-0.4, -0.2) is 48.4 Å². The number of aromatic amines is 1. The number of H-pyrrole nitrogens is 1. The summed E-state index contributed by atoms with van der Waals surface area (Å²) in [5.74, 6) is 0.258. The van der Waals surface area contributed by atoms with Crippen LogP contribution in [0.2, 0.25) is 0 Å². The number of piperidine rings is 1. The zero-order valence-corrected chi connectivity index (χ0v) is 18.4. The normalized spacial score (nSPS) is 14.5. The van der Waals surface area contributed by atoms with Gasteiger partial charge in [0.05, 0.1) is 7.11 Å². The first kappa shape index (κ1) is 21.9. The largest absolute Gasteiger partial charge is 0.497 e. The molecule has 0 atom stereocenters. The zero-order chi connectivity index (χ0) is 22.7. The van der Waals surface area contributed by atoms with Crippen molar-refractivity contribution in [2.75, 3.05) is 26.7 Å². The maximum absolute atomic E-state index is 13.6. The van der Waals surface area contributed by atoms with Crippen LogP contribution in [0.1, 0.15) is 34.5 Å². The van der Waals surface area contributed by atoms with Crippen LogP contribution in [0.3, 0.4) is 0 Å². The van der Waals surface area contributed by atoms with E-state index in [1.54, 1.807) is 36.3 Å². The van der Waals surface area contributed by atoms with Crippen molar-refractivity contribution < 1.29 is 18.7 Å². The molecule has 4 rings (SSSR count). The van der Waals surface area contributed by atoms with Gasteiger partial charge in [-0.2, -0.15) is 0 Å². The number of halogens is 1. The number of fused-ring (bicyclic) bond motifs is 1. The van der Waals surface area contributed by atoms with Crippen molar-refractivity contribution in [2.24, 2.45) is 5.92 Å². The molecule has 0 saturated carbocycles. The quantitative estimate of drug-likeness (QED) is 0.615. The summed E-state index contributed by atoms with van der Waals surface area (Å²) < 4.78 is 18.8. The second kappa shape index (κ2) is 9.42. The molecule has 0 bridgehead atoms. The highest BCUT2D eigenvalue weighted by molar-refractivity contribution is 5.94. The molecule has 32 heavy (non-hydrogen) atoms. The van der Waals surface area contributed by atoms with E-state index >= 15 is 0 Å². The lowest BCUT2D eigenvalue weighted by molar-refractivity contribution is -0.126. The van der Waals surface area contributed by atoms with E-state index in [1.165, 1.54) is 12.1 Å². The average Bonchev–Trinajstić information content (AvgIpc) is 3.13. The molecule has 1 aliphatic rings. The highest BCUT2D eigenvalue weighted by Crippen LogP contribution is 2.24. The predicted molar refractivity (Wildman–Crippen MR) is 121 cm³/mol. The van der Waals surface area contributed by atoms with Crippen LogP contribution in [0.25, 0.3) is 10.9 Å². The molecule has 0 aliphatic carbocycles. The van der Waals surface area contributed by atoms with Crippen molar-refractivity contribution in [3.05, 3.63) is 65.1 Å². The number of aryl methyl sites for hydroxylation is 1. The predicted octanol–water partition coefficient (Wildman–Crippen LogP) is 3.84. The number of ether oxygens (including phenoxy) is 1. The lowest BCUT2D eigenvalue weighted by atomic mass is 9.95. The van der Waals surface area contributed by atoms with Gasteiger partial charge in [-0.25, -0.2) is 4.39 Å². The molecule has 2 N–H and O–H groups in total. The number of aromatic nitrogens is 1. The number of nitrogens with zero attached hydrogens (tertiary/aromatic N) is 1. The smallest absolute Gasteiger partial charge is 0.253 e. The number of hydrogen-bond acceptors (Lipinski definition) is 3. The molecule has 1 saturated heterocycles. The molecule has 3 aromatic rings. The molecule has 2 amide bonds. The summed E-state index contributed by atoms with van der Waals surface area (Å²) in [5, 5.41) is 3.88. The second-order valence-electron chi connectivity index (χ2n) is 8.26. The molecule has 0 spiro atoms. The van der Waals surface area contributed by atoms with Crippen LogP contribution in [0.4, 0.5) is 4.39 Å². The Balaban J connectivity index is 1.28. The summed E-state index contributed by atoms with van der Waals surface area (Å²) >= 11 is 0. The third-order valence-corrected chi connectivity index (χ3v) is 6.23. The van der Waals surface area contributed by atoms with Crippen molar-refractivity contribution in [3.63, 3.8) is 0 Å². The summed E-state index contributed by atoms with van der Waals surface area (Å²) in [6.07, 6.45) is 1.91. The van der Waals surface area contributed by atoms with Gasteiger partial charge in [-0.3, -0.25) is 9.59 Å². The van der Waals surface area contributed by atoms with E-state index in [2.05, 4.69) is 10.3 Å². The van der Waals surface area contributed by atoms with Gasteiger partial charge in [0.25, 0.3) is 5.91 Å². The van der Waals surface area contributed by atoms with Crippen LogP contribution in [0.5, 0.6) is 5.75 Å². The first-order valence-electron chi connectivity index (χ1n) is 10.9. The Bertz CT molecular complexity index is 1130. The van der Waals surface area contributed by atoms with E-state index in [-0.39, 0.29) is 23.5 Å². The number of amides is 2. The van der Waals surface area contributed by atoms with Gasteiger partial charge in [-0.1, -0.05) is 6.07 Å². The number of carbonyl (C=O) groups excluding carboxylic acids is 2. The number of benzene rings is 2. The van der Waals surface area contributed by atoms with E-state index in [0.717, 1.165) is 22.2 Å². The molecule has 1 aromatic heterocycles. The van der Waals surface area contributed by atoms with Crippen molar-refractivity contribution in [2.45, 2.75) is 26.2 Å². The summed E-state index contributed by atoms with van der Waals surface area (Å²) in [4.78, 5) is 30.5. The third-order valence-electron chi connectivity index (χ3n) is 6.23. The van der Waals surface area contributed by atoms with Gasteiger partial charge >= 0.3 is 0 Å². The lowest BCUT2D eigenvalue weighted by Crippen LogP contribution is -2.43. The van der Waals surface area contributed by atoms with Crippen molar-refractivity contribution in [1.82, 2.24) is 15.2 Å². The Hall–Kier alpha value is -3.35. The van der Waals surface area contributed by atoms with E-state index in [0.29, 0.717) is 50.2 Å². The molecular weight excluding hydrogens is 409 g/mol. The van der Waals surface area contributed by atoms with Gasteiger partial charge in [-0.05, 0) is 68.1 Å². The van der Waals surface area contributed by atoms with E-state index in [1.807, 2.05) is 13.0 Å². The van der Waals surface area contributed by atoms with Crippen LogP contribution in [0.15, 0.2) is 42.5 Å². The van der Waals surface area contributed by atoms with Crippen molar-refractivity contribution >= 4 is 22.7 Å². The van der Waals surface area contributed by atoms with Crippen LogP contribution >= 0.6 is 0 Å². The minimum atomic E-state index is -0.267. The minimum absolute atomic E-state index is 0.0159. The molecule has 7 heteroatoms. The standard InChI is InChI=1S/C25H28FN3O3/c1-16-21(22-15-19(26)6-7-23(22)28-16)8-11-27-24(30)17-9-12-29(13-10-17)25(31)18-4-3-5-20(14-18)32-2/h3-7,14-15,17,28H,8-13H2,1-2H3,(H,27,30). The molecule has 0 radical (unpaired) electrons. The number of carbonyl (C=O) groups is 2. The van der Waals surface area contributed by atoms with Gasteiger partial charge in [0.2, 0.25) is 5.91 Å². The Morgan fingerprint density at radius 2 is 1.97 bits per heavy atom. The zero-order valence-electron chi connectivity index (χ0n) is 18.4. The first-order chi connectivity index (χ1) is 15.5. The highest BCUT2D eigenvalue weighted by Gasteiger charge is 2.27. The number of likely N-dealkylation sites (tertiary alicyclic amines) is 1. The maximum Gasteiger partial charge on any atom is 0.253 e. The summed E-state index contributed by atoms with van der Waals surface area (Å²) in [5.41, 5.74) is 3.51. The summed E-state index contributed by atoms with van der Waals surface area (Å²) in [6, 6.07) is 11.8. The van der Waals surface area contributed by atoms with Gasteiger partial charge in [0.15, 0.2) is 0 Å². The number of methoxy groups -OCH3 is 1. The first-order valence-corrected chi connectivity index (χ1v) is 10.9. The fourth-order valence-electron chi connectivity index (χ4n) is 4.42. The molecule has 168 valence electrons. The SMILES string of the molecule is COc1cccc(C(=O)N2CCC(C(=O)NCCc3c(C)[nH]c4ccc(F)cc34)CC2)c1. The maximum atomic E-state index is 13.6. The molecule has 1 aliphatic heterocycles. The van der Waals surface area contributed by atoms with E-state index in [4.69, 9.17) is 4.74 Å². The van der Waals surface area contributed by atoms with Gasteiger partial charge in [0.1, 0.15) is 11.6 Å². The third kappa shape index (κ3) is 4.61. The Morgan fingerprint density at radius 3 is 2.72 bits per heavy atom. The Labute approximate surface area is 186 Å². The van der Waals surface area contributed by atoms with Crippen molar-refractivity contribution in [1.29, 1.82) is 0 Å².